The Labute approximate surface area is 106 Å². The molecule has 1 amide bonds. The van der Waals surface area contributed by atoms with Crippen LogP contribution in [0.4, 0.5) is 0 Å². The van der Waals surface area contributed by atoms with Gasteiger partial charge in [0.1, 0.15) is 6.04 Å². The Morgan fingerprint density at radius 1 is 1.24 bits per heavy atom. The second-order valence-corrected chi connectivity index (χ2v) is 5.00. The van der Waals surface area contributed by atoms with Crippen molar-refractivity contribution < 1.29 is 19.8 Å². The predicted molar refractivity (Wildman–Crippen MR) is 68.1 cm³/mol. The van der Waals surface area contributed by atoms with Gasteiger partial charge in [0, 0.05) is 13.5 Å². The molecule has 0 aliphatic rings. The minimum Gasteiger partial charge on any atom is -0.480 e. The summed E-state index contributed by atoms with van der Waals surface area (Å²) in [7, 11) is 0. The Morgan fingerprint density at radius 2 is 1.94 bits per heavy atom. The highest BCUT2D eigenvalue weighted by atomic mass is 32.2. The molecule has 0 fully saturated rings. The van der Waals surface area contributed by atoms with E-state index < -0.39 is 12.0 Å². The number of thioether (sulfide) groups is 1. The van der Waals surface area contributed by atoms with Crippen LogP contribution in [0.1, 0.15) is 32.6 Å². The average molecular weight is 263 g/mol. The van der Waals surface area contributed by atoms with Gasteiger partial charge in [0.05, 0.1) is 0 Å². The van der Waals surface area contributed by atoms with E-state index in [1.54, 1.807) is 11.8 Å². The lowest BCUT2D eigenvalue weighted by Crippen LogP contribution is -2.39. The van der Waals surface area contributed by atoms with Crippen LogP contribution in [0.25, 0.3) is 0 Å². The number of hydrogen-bond donors (Lipinski definition) is 3. The Balaban J connectivity index is 3.55. The summed E-state index contributed by atoms with van der Waals surface area (Å²) in [6.07, 6.45) is 3.30. The number of aliphatic carboxylic acids is 1. The van der Waals surface area contributed by atoms with Gasteiger partial charge in [0.15, 0.2) is 0 Å². The molecule has 0 aliphatic carbocycles. The standard InChI is InChI=1S/C11H21NO4S/c1-9(14)12-10(11(15)16)5-8-17-7-4-2-3-6-13/h10,13H,2-8H2,1H3,(H,12,14)(H,15,16). The van der Waals surface area contributed by atoms with Crippen LogP contribution in [0.2, 0.25) is 0 Å². The first-order valence-corrected chi connectivity index (χ1v) is 6.92. The lowest BCUT2D eigenvalue weighted by Gasteiger charge is -2.12. The molecule has 0 heterocycles. The van der Waals surface area contributed by atoms with Gasteiger partial charge >= 0.3 is 5.97 Å². The molecule has 1 unspecified atom stereocenters. The van der Waals surface area contributed by atoms with E-state index in [0.29, 0.717) is 6.42 Å². The number of amides is 1. The van der Waals surface area contributed by atoms with Crippen LogP contribution in [-0.4, -0.2) is 46.2 Å². The van der Waals surface area contributed by atoms with E-state index >= 15 is 0 Å². The summed E-state index contributed by atoms with van der Waals surface area (Å²) in [5, 5.41) is 19.8. The van der Waals surface area contributed by atoms with Crippen LogP contribution in [0.5, 0.6) is 0 Å². The molecule has 6 heteroatoms. The lowest BCUT2D eigenvalue weighted by atomic mass is 10.2. The summed E-state index contributed by atoms with van der Waals surface area (Å²) in [5.74, 6) is 0.384. The average Bonchev–Trinajstić information content (AvgIpc) is 2.25. The summed E-state index contributed by atoms with van der Waals surface area (Å²) in [4.78, 5) is 21.5. The van der Waals surface area contributed by atoms with Crippen molar-refractivity contribution >= 4 is 23.6 Å². The lowest BCUT2D eigenvalue weighted by molar-refractivity contribution is -0.141. The van der Waals surface area contributed by atoms with Gasteiger partial charge in [-0.25, -0.2) is 4.79 Å². The van der Waals surface area contributed by atoms with Crippen LogP contribution in [0.3, 0.4) is 0 Å². The van der Waals surface area contributed by atoms with Crippen molar-refractivity contribution in [1.82, 2.24) is 5.32 Å². The van der Waals surface area contributed by atoms with Gasteiger partial charge in [-0.3, -0.25) is 4.79 Å². The molecule has 0 saturated heterocycles. The molecule has 0 aromatic heterocycles. The van der Waals surface area contributed by atoms with E-state index in [1.807, 2.05) is 0 Å². The van der Waals surface area contributed by atoms with Crippen molar-refractivity contribution in [3.8, 4) is 0 Å². The van der Waals surface area contributed by atoms with Gasteiger partial charge in [-0.15, -0.1) is 0 Å². The maximum absolute atomic E-state index is 10.8. The Bertz CT molecular complexity index is 236. The summed E-state index contributed by atoms with van der Waals surface area (Å²) >= 11 is 1.68. The van der Waals surface area contributed by atoms with Gasteiger partial charge in [-0.1, -0.05) is 6.42 Å². The minimum atomic E-state index is -0.985. The monoisotopic (exact) mass is 263 g/mol. The number of rotatable bonds is 10. The van der Waals surface area contributed by atoms with E-state index in [9.17, 15) is 9.59 Å². The van der Waals surface area contributed by atoms with Crippen molar-refractivity contribution in [3.63, 3.8) is 0 Å². The molecule has 0 radical (unpaired) electrons. The molecule has 17 heavy (non-hydrogen) atoms. The molecule has 3 N–H and O–H groups in total. The third-order valence-corrected chi connectivity index (χ3v) is 3.27. The van der Waals surface area contributed by atoms with Gasteiger partial charge < -0.3 is 15.5 Å². The van der Waals surface area contributed by atoms with Gasteiger partial charge in [0.2, 0.25) is 5.91 Å². The largest absolute Gasteiger partial charge is 0.480 e. The van der Waals surface area contributed by atoms with Crippen molar-refractivity contribution in [2.45, 2.75) is 38.6 Å². The third kappa shape index (κ3) is 10.1. The number of carbonyl (C=O) groups is 2. The first-order chi connectivity index (χ1) is 8.07. The maximum Gasteiger partial charge on any atom is 0.326 e. The topological polar surface area (TPSA) is 86.6 Å². The zero-order valence-corrected chi connectivity index (χ0v) is 11.0. The van der Waals surface area contributed by atoms with Gasteiger partial charge in [0.25, 0.3) is 0 Å². The molecular weight excluding hydrogens is 242 g/mol. The predicted octanol–water partition coefficient (Wildman–Crippen LogP) is 0.862. The quantitative estimate of drug-likeness (QED) is 0.509. The Morgan fingerprint density at radius 3 is 2.47 bits per heavy atom. The summed E-state index contributed by atoms with van der Waals surface area (Å²) < 4.78 is 0. The van der Waals surface area contributed by atoms with Crippen molar-refractivity contribution in [3.05, 3.63) is 0 Å². The first-order valence-electron chi connectivity index (χ1n) is 5.76. The smallest absolute Gasteiger partial charge is 0.326 e. The highest BCUT2D eigenvalue weighted by Crippen LogP contribution is 2.09. The van der Waals surface area contributed by atoms with E-state index in [2.05, 4.69) is 5.32 Å². The minimum absolute atomic E-state index is 0.230. The second-order valence-electron chi connectivity index (χ2n) is 3.78. The van der Waals surface area contributed by atoms with Gasteiger partial charge in [-0.2, -0.15) is 11.8 Å². The maximum atomic E-state index is 10.8. The zero-order valence-electron chi connectivity index (χ0n) is 10.1. The molecule has 0 bridgehead atoms. The fourth-order valence-corrected chi connectivity index (χ4v) is 2.31. The molecule has 0 spiro atoms. The molecule has 1 atom stereocenters. The number of hydrogen-bond acceptors (Lipinski definition) is 4. The summed E-state index contributed by atoms with van der Waals surface area (Å²) in [6.45, 7) is 1.55. The molecule has 0 aliphatic heterocycles. The molecule has 0 saturated carbocycles. The van der Waals surface area contributed by atoms with E-state index in [1.165, 1.54) is 6.92 Å². The summed E-state index contributed by atoms with van der Waals surface area (Å²) in [5.41, 5.74) is 0. The van der Waals surface area contributed by atoms with Crippen molar-refractivity contribution in [2.75, 3.05) is 18.1 Å². The number of aliphatic hydroxyl groups excluding tert-OH is 1. The van der Waals surface area contributed by atoms with Crippen LogP contribution >= 0.6 is 11.8 Å². The zero-order chi connectivity index (χ0) is 13.1. The van der Waals surface area contributed by atoms with E-state index in [0.717, 1.165) is 30.8 Å². The van der Waals surface area contributed by atoms with E-state index in [-0.39, 0.29) is 12.5 Å². The molecule has 0 aromatic rings. The van der Waals surface area contributed by atoms with E-state index in [4.69, 9.17) is 10.2 Å². The second kappa shape index (κ2) is 10.4. The fourth-order valence-electron chi connectivity index (χ4n) is 1.30. The van der Waals surface area contributed by atoms with Crippen molar-refractivity contribution in [1.29, 1.82) is 0 Å². The number of carboxylic acid groups (broad SMARTS) is 1. The number of unbranched alkanes of at least 4 members (excludes halogenated alkanes) is 2. The van der Waals surface area contributed by atoms with Crippen LogP contribution < -0.4 is 5.32 Å². The Kier molecular flexibility index (Phi) is 9.95. The molecule has 100 valence electrons. The Hall–Kier alpha value is -0.750. The molecular formula is C11H21NO4S. The molecule has 0 rings (SSSR count). The number of carbonyl (C=O) groups excluding carboxylic acids is 1. The van der Waals surface area contributed by atoms with Crippen molar-refractivity contribution in [2.24, 2.45) is 0 Å². The molecule has 0 aromatic carbocycles. The van der Waals surface area contributed by atoms with Gasteiger partial charge in [-0.05, 0) is 30.8 Å². The van der Waals surface area contributed by atoms with Crippen LogP contribution in [-0.2, 0) is 9.59 Å². The molecule has 5 nitrogen and oxygen atoms in total. The summed E-state index contributed by atoms with van der Waals surface area (Å²) in [6, 6.07) is -0.780. The van der Waals surface area contributed by atoms with Crippen LogP contribution in [0, 0.1) is 0 Å². The first kappa shape index (κ1) is 16.2. The fraction of sp³-hybridized carbons (Fsp3) is 0.818. The third-order valence-electron chi connectivity index (χ3n) is 2.17. The van der Waals surface area contributed by atoms with Crippen LogP contribution in [0.15, 0.2) is 0 Å². The highest BCUT2D eigenvalue weighted by molar-refractivity contribution is 7.99. The SMILES string of the molecule is CC(=O)NC(CCSCCCCCO)C(=O)O. The highest BCUT2D eigenvalue weighted by Gasteiger charge is 2.17. The number of aliphatic hydroxyl groups is 1. The number of nitrogens with one attached hydrogen (secondary N) is 1. The number of carboxylic acids is 1. The normalized spacial score (nSPS) is 12.1.